The van der Waals surface area contributed by atoms with Gasteiger partial charge < -0.3 is 4.52 Å². The molecule has 3 heteroatoms. The minimum Gasteiger partial charge on any atom is -0.360 e. The number of aryl methyl sites for hydroxylation is 1. The first-order valence-corrected chi connectivity index (χ1v) is 6.82. The minimum absolute atomic E-state index is 0.834. The fourth-order valence-corrected chi connectivity index (χ4v) is 2.55. The normalized spacial score (nSPS) is 10.6. The predicted molar refractivity (Wildman–Crippen MR) is 79.8 cm³/mol. The van der Waals surface area contributed by atoms with Gasteiger partial charge in [-0.25, -0.2) is 0 Å². The van der Waals surface area contributed by atoms with Crippen LogP contribution < -0.4 is 0 Å². The predicted octanol–water partition coefficient (Wildman–Crippen LogP) is 5.08. The van der Waals surface area contributed by atoms with E-state index in [0.29, 0.717) is 0 Å². The van der Waals surface area contributed by atoms with E-state index in [1.54, 1.807) is 0 Å². The quantitative estimate of drug-likeness (QED) is 0.659. The summed E-state index contributed by atoms with van der Waals surface area (Å²) in [4.78, 5) is 0. The Morgan fingerprint density at radius 2 is 1.68 bits per heavy atom. The maximum absolute atomic E-state index is 5.38. The SMILES string of the molecule is Cc1onc(-c2cccc(Br)c2)c1-c1ccccc1. The van der Waals surface area contributed by atoms with Crippen molar-refractivity contribution in [1.29, 1.82) is 0 Å². The average Bonchev–Trinajstić information content (AvgIpc) is 2.82. The first kappa shape index (κ1) is 12.2. The number of hydrogen-bond acceptors (Lipinski definition) is 2. The second kappa shape index (κ2) is 5.02. The van der Waals surface area contributed by atoms with Crippen LogP contribution in [0, 0.1) is 6.92 Å². The first-order valence-electron chi connectivity index (χ1n) is 6.03. The third-order valence-electron chi connectivity index (χ3n) is 3.02. The molecule has 0 bridgehead atoms. The molecule has 0 aliphatic heterocycles. The highest BCUT2D eigenvalue weighted by Gasteiger charge is 2.16. The van der Waals surface area contributed by atoms with Gasteiger partial charge in [0.15, 0.2) is 0 Å². The molecule has 3 rings (SSSR count). The van der Waals surface area contributed by atoms with E-state index >= 15 is 0 Å². The summed E-state index contributed by atoms with van der Waals surface area (Å²) in [5, 5.41) is 4.21. The zero-order chi connectivity index (χ0) is 13.2. The molecule has 0 atom stereocenters. The van der Waals surface area contributed by atoms with E-state index < -0.39 is 0 Å². The molecule has 2 aromatic carbocycles. The van der Waals surface area contributed by atoms with Crippen molar-refractivity contribution in [3.63, 3.8) is 0 Å². The maximum atomic E-state index is 5.38. The Balaban J connectivity index is 2.19. The molecule has 2 nitrogen and oxygen atoms in total. The Morgan fingerprint density at radius 3 is 2.42 bits per heavy atom. The summed E-state index contributed by atoms with van der Waals surface area (Å²) in [5.74, 6) is 0.834. The largest absolute Gasteiger partial charge is 0.360 e. The molecule has 0 unspecified atom stereocenters. The lowest BCUT2D eigenvalue weighted by molar-refractivity contribution is 0.400. The van der Waals surface area contributed by atoms with E-state index in [9.17, 15) is 0 Å². The van der Waals surface area contributed by atoms with E-state index in [2.05, 4.69) is 33.2 Å². The highest BCUT2D eigenvalue weighted by molar-refractivity contribution is 9.10. The van der Waals surface area contributed by atoms with Crippen molar-refractivity contribution >= 4 is 15.9 Å². The average molecular weight is 314 g/mol. The lowest BCUT2D eigenvalue weighted by atomic mass is 10.00. The van der Waals surface area contributed by atoms with Crippen LogP contribution >= 0.6 is 15.9 Å². The number of hydrogen-bond donors (Lipinski definition) is 0. The maximum Gasteiger partial charge on any atom is 0.142 e. The molecule has 19 heavy (non-hydrogen) atoms. The number of benzene rings is 2. The van der Waals surface area contributed by atoms with Gasteiger partial charge in [-0.05, 0) is 24.6 Å². The zero-order valence-electron chi connectivity index (χ0n) is 10.4. The molecule has 1 heterocycles. The zero-order valence-corrected chi connectivity index (χ0v) is 12.0. The van der Waals surface area contributed by atoms with Crippen LogP contribution in [0.2, 0.25) is 0 Å². The standard InChI is InChI=1S/C16H12BrNO/c1-11-15(12-6-3-2-4-7-12)16(18-19-11)13-8-5-9-14(17)10-13/h2-10H,1H3. The molecule has 0 amide bonds. The Kier molecular flexibility index (Phi) is 3.22. The van der Waals surface area contributed by atoms with Gasteiger partial charge in [0.1, 0.15) is 11.5 Å². The Labute approximate surface area is 120 Å². The molecule has 0 aliphatic carbocycles. The highest BCUT2D eigenvalue weighted by atomic mass is 79.9. The molecule has 0 saturated carbocycles. The third-order valence-corrected chi connectivity index (χ3v) is 3.52. The van der Waals surface area contributed by atoms with Gasteiger partial charge in [0.25, 0.3) is 0 Å². The lowest BCUT2D eigenvalue weighted by Gasteiger charge is -2.03. The van der Waals surface area contributed by atoms with Crippen LogP contribution in [0.25, 0.3) is 22.4 Å². The van der Waals surface area contributed by atoms with Crippen LogP contribution in [0.15, 0.2) is 63.6 Å². The number of nitrogens with zero attached hydrogens (tertiary/aromatic N) is 1. The summed E-state index contributed by atoms with van der Waals surface area (Å²) in [6, 6.07) is 18.3. The van der Waals surface area contributed by atoms with Gasteiger partial charge in [-0.3, -0.25) is 0 Å². The summed E-state index contributed by atoms with van der Waals surface area (Å²) in [5.41, 5.74) is 4.10. The molecular formula is C16H12BrNO. The molecular weight excluding hydrogens is 302 g/mol. The fraction of sp³-hybridized carbons (Fsp3) is 0.0625. The molecule has 0 spiro atoms. The molecule has 1 aromatic heterocycles. The summed E-state index contributed by atoms with van der Waals surface area (Å²) in [7, 11) is 0. The molecule has 0 fully saturated rings. The minimum atomic E-state index is 0.834. The van der Waals surface area contributed by atoms with Crippen molar-refractivity contribution in [1.82, 2.24) is 5.16 Å². The van der Waals surface area contributed by atoms with Gasteiger partial charge >= 0.3 is 0 Å². The molecule has 0 saturated heterocycles. The summed E-state index contributed by atoms with van der Waals surface area (Å²) in [6.07, 6.45) is 0. The van der Waals surface area contributed by atoms with E-state index in [-0.39, 0.29) is 0 Å². The van der Waals surface area contributed by atoms with E-state index in [4.69, 9.17) is 4.52 Å². The van der Waals surface area contributed by atoms with Gasteiger partial charge in [-0.15, -0.1) is 0 Å². The van der Waals surface area contributed by atoms with E-state index in [1.807, 2.05) is 49.4 Å². The van der Waals surface area contributed by atoms with Crippen molar-refractivity contribution < 1.29 is 4.52 Å². The van der Waals surface area contributed by atoms with Gasteiger partial charge in [0, 0.05) is 10.0 Å². The number of rotatable bonds is 2. The van der Waals surface area contributed by atoms with Gasteiger partial charge in [0.05, 0.1) is 5.56 Å². The van der Waals surface area contributed by atoms with Gasteiger partial charge in [0.2, 0.25) is 0 Å². The van der Waals surface area contributed by atoms with Crippen LogP contribution in [0.5, 0.6) is 0 Å². The second-order valence-corrected chi connectivity index (χ2v) is 5.25. The third kappa shape index (κ3) is 2.34. The van der Waals surface area contributed by atoms with Crippen molar-refractivity contribution in [2.45, 2.75) is 6.92 Å². The lowest BCUT2D eigenvalue weighted by Crippen LogP contribution is -1.84. The molecule has 3 aromatic rings. The number of aromatic nitrogens is 1. The van der Waals surface area contributed by atoms with Crippen molar-refractivity contribution in [3.05, 3.63) is 64.8 Å². The van der Waals surface area contributed by atoms with Gasteiger partial charge in [-0.2, -0.15) is 0 Å². The van der Waals surface area contributed by atoms with Crippen LogP contribution in [0.3, 0.4) is 0 Å². The van der Waals surface area contributed by atoms with Crippen LogP contribution in [-0.4, -0.2) is 5.16 Å². The summed E-state index contributed by atoms with van der Waals surface area (Å²) < 4.78 is 6.41. The number of halogens is 1. The van der Waals surface area contributed by atoms with Crippen molar-refractivity contribution in [2.24, 2.45) is 0 Å². The van der Waals surface area contributed by atoms with Crippen molar-refractivity contribution in [3.8, 4) is 22.4 Å². The molecule has 0 aliphatic rings. The first-order chi connectivity index (χ1) is 9.25. The van der Waals surface area contributed by atoms with Crippen LogP contribution in [0.1, 0.15) is 5.76 Å². The molecule has 94 valence electrons. The Morgan fingerprint density at radius 1 is 0.947 bits per heavy atom. The topological polar surface area (TPSA) is 26.0 Å². The summed E-state index contributed by atoms with van der Waals surface area (Å²) >= 11 is 3.49. The van der Waals surface area contributed by atoms with Crippen molar-refractivity contribution in [2.75, 3.05) is 0 Å². The molecule has 0 N–H and O–H groups in total. The van der Waals surface area contributed by atoms with Crippen LogP contribution in [-0.2, 0) is 0 Å². The van der Waals surface area contributed by atoms with Crippen LogP contribution in [0.4, 0.5) is 0 Å². The fourth-order valence-electron chi connectivity index (χ4n) is 2.15. The van der Waals surface area contributed by atoms with E-state index in [1.165, 1.54) is 0 Å². The molecule has 0 radical (unpaired) electrons. The van der Waals surface area contributed by atoms with Gasteiger partial charge in [-0.1, -0.05) is 63.6 Å². The Hall–Kier alpha value is -1.87. The van der Waals surface area contributed by atoms with E-state index in [0.717, 1.165) is 32.6 Å². The summed E-state index contributed by atoms with van der Waals surface area (Å²) in [6.45, 7) is 1.94. The second-order valence-electron chi connectivity index (χ2n) is 4.34. The Bertz CT molecular complexity index is 704. The monoisotopic (exact) mass is 313 g/mol. The highest BCUT2D eigenvalue weighted by Crippen LogP contribution is 2.34. The smallest absolute Gasteiger partial charge is 0.142 e.